The molecule has 1 saturated heterocycles. The molecule has 38 heavy (non-hydrogen) atoms. The summed E-state index contributed by atoms with van der Waals surface area (Å²) in [5.41, 5.74) is -10.7. The molecule has 0 spiro atoms. The molecule has 0 saturated carbocycles. The normalized spacial score (nSPS) is 17.7. The van der Waals surface area contributed by atoms with Crippen LogP contribution in [-0.2, 0) is 33.2 Å². The van der Waals surface area contributed by atoms with Crippen molar-refractivity contribution in [2.75, 3.05) is 6.61 Å². The van der Waals surface area contributed by atoms with Crippen molar-refractivity contribution in [2.45, 2.75) is 37.8 Å². The van der Waals surface area contributed by atoms with Crippen LogP contribution in [0.1, 0.15) is 13.8 Å². The third kappa shape index (κ3) is 4.98. The second kappa shape index (κ2) is 9.45. The van der Waals surface area contributed by atoms with Crippen molar-refractivity contribution in [2.24, 2.45) is 7.05 Å². The van der Waals surface area contributed by atoms with Gasteiger partial charge in [0.2, 0.25) is 0 Å². The van der Waals surface area contributed by atoms with E-state index in [1.54, 1.807) is 36.4 Å². The van der Waals surface area contributed by atoms with Crippen LogP contribution in [0.5, 0.6) is 5.75 Å². The molecule has 206 valence electrons. The highest BCUT2D eigenvalue weighted by Crippen LogP contribution is 2.30. The quantitative estimate of drug-likeness (QED) is 0.174. The molecule has 0 amide bonds. The molecule has 4 rings (SSSR count). The Morgan fingerprint density at radius 3 is 2.39 bits per heavy atom. The first-order valence-electron chi connectivity index (χ1n) is 10.6. The van der Waals surface area contributed by atoms with Crippen LogP contribution in [0.2, 0.25) is 0 Å². The zero-order valence-electron chi connectivity index (χ0n) is 19.7. The van der Waals surface area contributed by atoms with E-state index in [-0.39, 0.29) is 6.61 Å². The van der Waals surface area contributed by atoms with E-state index in [4.69, 9.17) is 9.47 Å². The number of halogens is 5. The maximum atomic E-state index is 15.1. The van der Waals surface area contributed by atoms with Crippen molar-refractivity contribution in [3.8, 4) is 11.4 Å². The molecule has 17 heteroatoms. The number of aryl methyl sites for hydroxylation is 1. The second-order valence-corrected chi connectivity index (χ2v) is 11.5. The number of aromatic nitrogens is 3. The molecule has 0 aliphatic carbocycles. The maximum Gasteiger partial charge on any atom is 0.534 e. The minimum Gasteiger partial charge on any atom is -0.375 e. The predicted molar refractivity (Wildman–Crippen MR) is 132 cm³/mol. The second-order valence-electron chi connectivity index (χ2n) is 8.67. The summed E-state index contributed by atoms with van der Waals surface area (Å²) in [5.74, 6) is -3.35. The molecule has 0 bridgehead atoms. The first-order chi connectivity index (χ1) is 17.4. The largest absolute Gasteiger partial charge is 0.534 e. The molecule has 3 heterocycles. The van der Waals surface area contributed by atoms with Gasteiger partial charge in [0.05, 0.1) is 18.8 Å². The van der Waals surface area contributed by atoms with Crippen molar-refractivity contribution in [1.82, 2.24) is 13.7 Å². The van der Waals surface area contributed by atoms with Crippen molar-refractivity contribution < 1.29 is 39.6 Å². The van der Waals surface area contributed by atoms with E-state index in [0.717, 1.165) is 19.2 Å². The average molecular weight is 675 g/mol. The van der Waals surface area contributed by atoms with Crippen LogP contribution >= 0.6 is 22.6 Å². The highest BCUT2D eigenvalue weighted by molar-refractivity contribution is 14.1. The van der Waals surface area contributed by atoms with Crippen LogP contribution in [0, 0.1) is 9.39 Å². The summed E-state index contributed by atoms with van der Waals surface area (Å²) in [6.45, 7) is 2.56. The third-order valence-electron chi connectivity index (χ3n) is 5.55. The zero-order chi connectivity index (χ0) is 28.4. The summed E-state index contributed by atoms with van der Waals surface area (Å²) >= 11 is 1.79. The molecule has 1 aliphatic heterocycles. The molecule has 11 nitrogen and oxygen atoms in total. The van der Waals surface area contributed by atoms with Gasteiger partial charge in [-0.05, 0) is 54.6 Å². The van der Waals surface area contributed by atoms with E-state index in [9.17, 15) is 36.0 Å². The zero-order valence-corrected chi connectivity index (χ0v) is 22.7. The summed E-state index contributed by atoms with van der Waals surface area (Å²) in [7, 11) is -5.28. The molecule has 1 fully saturated rings. The fourth-order valence-corrected chi connectivity index (χ4v) is 4.80. The van der Waals surface area contributed by atoms with Gasteiger partial charge in [0, 0.05) is 16.7 Å². The van der Waals surface area contributed by atoms with E-state index < -0.39 is 79.2 Å². The van der Waals surface area contributed by atoms with Crippen LogP contribution in [0.3, 0.4) is 0 Å². The molecule has 0 N–H and O–H groups in total. The molecular weight excluding hydrogens is 657 g/mol. The molecule has 0 unspecified atom stereocenters. The smallest absolute Gasteiger partial charge is 0.375 e. The van der Waals surface area contributed by atoms with Crippen LogP contribution in [-0.4, -0.2) is 46.1 Å². The molecular formula is C21H18F4IN3O8S. The SMILES string of the molecule is Cn1c(=O)cc(OS(=O)(=O)C(F)(F)F)c2c(=O)n(C[C@@H]3COC(C)(C)O3)c(=O)n(-c3ccc(I)cc3F)c21. The van der Waals surface area contributed by atoms with Crippen LogP contribution < -0.4 is 21.0 Å². The van der Waals surface area contributed by atoms with Crippen molar-refractivity contribution in [3.63, 3.8) is 0 Å². The maximum absolute atomic E-state index is 15.1. The number of alkyl halides is 3. The summed E-state index contributed by atoms with van der Waals surface area (Å²) in [6, 6.07) is 3.94. The fourth-order valence-electron chi connectivity index (χ4n) is 3.89. The first kappa shape index (κ1) is 28.2. The van der Waals surface area contributed by atoms with Gasteiger partial charge in [-0.2, -0.15) is 21.6 Å². The van der Waals surface area contributed by atoms with Gasteiger partial charge in [-0.3, -0.25) is 18.7 Å². The van der Waals surface area contributed by atoms with Crippen LogP contribution in [0.15, 0.2) is 38.6 Å². The number of rotatable bonds is 5. The van der Waals surface area contributed by atoms with Crippen LogP contribution in [0.25, 0.3) is 16.7 Å². The topological polar surface area (TPSA) is 128 Å². The van der Waals surface area contributed by atoms with Gasteiger partial charge in [-0.25, -0.2) is 13.8 Å². The van der Waals surface area contributed by atoms with Crippen molar-refractivity contribution in [3.05, 3.63) is 64.8 Å². The van der Waals surface area contributed by atoms with Crippen LogP contribution in [0.4, 0.5) is 17.6 Å². The Morgan fingerprint density at radius 1 is 1.18 bits per heavy atom. The summed E-state index contributed by atoms with van der Waals surface area (Å²) in [4.78, 5) is 39.8. The molecule has 1 atom stereocenters. The summed E-state index contributed by atoms with van der Waals surface area (Å²) < 4.78 is 95.4. The Labute approximate surface area is 224 Å². The molecule has 1 aromatic carbocycles. The lowest BCUT2D eigenvalue weighted by atomic mass is 10.2. The van der Waals surface area contributed by atoms with Gasteiger partial charge >= 0.3 is 21.3 Å². The molecule has 0 radical (unpaired) electrons. The van der Waals surface area contributed by atoms with E-state index in [2.05, 4.69) is 4.18 Å². The fraction of sp³-hybridized carbons (Fsp3) is 0.381. The molecule has 1 aliphatic rings. The highest BCUT2D eigenvalue weighted by Gasteiger charge is 2.49. The summed E-state index contributed by atoms with van der Waals surface area (Å²) in [6.07, 6.45) is -0.890. The lowest BCUT2D eigenvalue weighted by Crippen LogP contribution is -2.44. The van der Waals surface area contributed by atoms with E-state index in [1.807, 2.05) is 0 Å². The van der Waals surface area contributed by atoms with Gasteiger partial charge in [-0.1, -0.05) is 0 Å². The average Bonchev–Trinajstić information content (AvgIpc) is 3.12. The Hall–Kier alpha value is -2.77. The van der Waals surface area contributed by atoms with Gasteiger partial charge < -0.3 is 13.7 Å². The first-order valence-corrected chi connectivity index (χ1v) is 13.1. The third-order valence-corrected chi connectivity index (χ3v) is 7.19. The van der Waals surface area contributed by atoms with Gasteiger partial charge in [-0.15, -0.1) is 0 Å². The number of nitrogens with zero attached hydrogens (tertiary/aromatic N) is 3. The lowest BCUT2D eigenvalue weighted by Gasteiger charge is -2.20. The van der Waals surface area contributed by atoms with Gasteiger partial charge in [0.1, 0.15) is 23.0 Å². The number of pyridine rings is 1. The lowest BCUT2D eigenvalue weighted by molar-refractivity contribution is -0.139. The summed E-state index contributed by atoms with van der Waals surface area (Å²) in [5, 5.41) is -0.893. The van der Waals surface area contributed by atoms with E-state index >= 15 is 4.39 Å². The van der Waals surface area contributed by atoms with Crippen molar-refractivity contribution >= 4 is 43.7 Å². The van der Waals surface area contributed by atoms with Crippen molar-refractivity contribution in [1.29, 1.82) is 0 Å². The number of hydrogen-bond donors (Lipinski definition) is 0. The standard InChI is InChI=1S/C21H18F4IN3O8S/c1-20(2)35-9-11(36-20)8-28-18(31)16-14(37-38(33,34)21(23,24)25)7-15(30)27(3)17(16)29(19(28)32)13-5-4-10(26)6-12(13)22/h4-7,11H,8-9H2,1-3H3/t11-/m1/s1. The number of benzene rings is 1. The number of hydrogen-bond acceptors (Lipinski definition) is 8. The van der Waals surface area contributed by atoms with Gasteiger partial charge in [0.15, 0.2) is 11.5 Å². The Kier molecular flexibility index (Phi) is 7.03. The Balaban J connectivity index is 2.13. The van der Waals surface area contributed by atoms with Gasteiger partial charge in [0.25, 0.3) is 11.1 Å². The Morgan fingerprint density at radius 2 is 1.84 bits per heavy atom. The highest BCUT2D eigenvalue weighted by atomic mass is 127. The number of ether oxygens (including phenoxy) is 2. The molecule has 3 aromatic rings. The monoisotopic (exact) mass is 675 g/mol. The van der Waals surface area contributed by atoms with E-state index in [1.165, 1.54) is 6.07 Å². The van der Waals surface area contributed by atoms with E-state index in [0.29, 0.717) is 23.3 Å². The molecule has 2 aromatic heterocycles. The minimum atomic E-state index is -6.34. The minimum absolute atomic E-state index is 0.0755. The predicted octanol–water partition coefficient (Wildman–Crippen LogP) is 1.97. The Bertz CT molecular complexity index is 1740. The number of fused-ring (bicyclic) bond motifs is 1.